The summed E-state index contributed by atoms with van der Waals surface area (Å²) in [6.45, 7) is 1.38. The molecule has 0 aromatic carbocycles. The molecule has 1 aliphatic carbocycles. The number of likely N-dealkylation sites (N-methyl/N-ethyl adjacent to an activating group) is 1. The molecular formula is C17H29N3O4. The highest BCUT2D eigenvalue weighted by molar-refractivity contribution is 5.82. The lowest BCUT2D eigenvalue weighted by molar-refractivity contribution is -0.137. The summed E-state index contributed by atoms with van der Waals surface area (Å²) in [6.07, 6.45) is 6.63. The van der Waals surface area contributed by atoms with Crippen molar-refractivity contribution < 1.29 is 19.1 Å². The van der Waals surface area contributed by atoms with Crippen molar-refractivity contribution in [2.75, 3.05) is 33.8 Å². The van der Waals surface area contributed by atoms with Crippen LogP contribution in [0, 0.1) is 5.92 Å². The highest BCUT2D eigenvalue weighted by atomic mass is 16.5. The van der Waals surface area contributed by atoms with Crippen LogP contribution in [-0.4, -0.2) is 67.5 Å². The van der Waals surface area contributed by atoms with Crippen LogP contribution in [0.5, 0.6) is 0 Å². The Labute approximate surface area is 143 Å². The largest absolute Gasteiger partial charge is 0.453 e. The summed E-state index contributed by atoms with van der Waals surface area (Å²) in [7, 11) is 2.81. The molecule has 1 saturated carbocycles. The second-order valence-corrected chi connectivity index (χ2v) is 6.83. The van der Waals surface area contributed by atoms with Gasteiger partial charge in [-0.25, -0.2) is 4.79 Å². The average Bonchev–Trinajstić information content (AvgIpc) is 2.61. The molecule has 2 rings (SSSR count). The summed E-state index contributed by atoms with van der Waals surface area (Å²) in [4.78, 5) is 39.0. The van der Waals surface area contributed by atoms with E-state index in [4.69, 9.17) is 0 Å². The minimum Gasteiger partial charge on any atom is -0.453 e. The van der Waals surface area contributed by atoms with Crippen molar-refractivity contribution in [3.05, 3.63) is 0 Å². The zero-order valence-electron chi connectivity index (χ0n) is 14.8. The Kier molecular flexibility index (Phi) is 6.87. The fourth-order valence-corrected chi connectivity index (χ4v) is 3.56. The minimum absolute atomic E-state index is 0.0199. The van der Waals surface area contributed by atoms with Crippen LogP contribution in [0.15, 0.2) is 0 Å². The van der Waals surface area contributed by atoms with Gasteiger partial charge in [-0.3, -0.25) is 9.59 Å². The molecule has 136 valence electrons. The number of nitrogens with zero attached hydrogens (tertiary/aromatic N) is 2. The Morgan fingerprint density at radius 3 is 2.29 bits per heavy atom. The van der Waals surface area contributed by atoms with Crippen LogP contribution in [-0.2, 0) is 14.3 Å². The van der Waals surface area contributed by atoms with Crippen LogP contribution >= 0.6 is 0 Å². The van der Waals surface area contributed by atoms with E-state index in [1.54, 1.807) is 0 Å². The van der Waals surface area contributed by atoms with Crippen LogP contribution in [0.2, 0.25) is 0 Å². The molecule has 1 heterocycles. The number of hydrogen-bond acceptors (Lipinski definition) is 4. The molecule has 0 spiro atoms. The Morgan fingerprint density at radius 2 is 1.71 bits per heavy atom. The maximum absolute atomic E-state index is 12.5. The molecule has 1 saturated heterocycles. The molecule has 0 unspecified atom stereocenters. The van der Waals surface area contributed by atoms with Gasteiger partial charge in [-0.05, 0) is 25.7 Å². The van der Waals surface area contributed by atoms with E-state index in [-0.39, 0.29) is 24.4 Å². The molecule has 0 bridgehead atoms. The summed E-state index contributed by atoms with van der Waals surface area (Å²) >= 11 is 0. The summed E-state index contributed by atoms with van der Waals surface area (Å²) in [5, 5.41) is 2.94. The summed E-state index contributed by atoms with van der Waals surface area (Å²) < 4.78 is 4.56. The number of ether oxygens (including phenoxy) is 1. The number of carbonyl (C=O) groups excluding carboxylic acids is 3. The topological polar surface area (TPSA) is 79.0 Å². The van der Waals surface area contributed by atoms with Gasteiger partial charge in [0.1, 0.15) is 6.54 Å². The Balaban J connectivity index is 1.71. The number of rotatable bonds is 4. The first-order valence-corrected chi connectivity index (χ1v) is 8.88. The molecule has 1 N–H and O–H groups in total. The first-order chi connectivity index (χ1) is 11.5. The Hall–Kier alpha value is -1.79. The van der Waals surface area contributed by atoms with Gasteiger partial charge in [0.25, 0.3) is 0 Å². The van der Waals surface area contributed by atoms with Crippen molar-refractivity contribution in [1.82, 2.24) is 15.1 Å². The van der Waals surface area contributed by atoms with Gasteiger partial charge in [0, 0.05) is 32.1 Å². The third-order valence-corrected chi connectivity index (χ3v) is 4.99. The van der Waals surface area contributed by atoms with E-state index in [9.17, 15) is 14.4 Å². The monoisotopic (exact) mass is 339 g/mol. The number of amides is 3. The average molecular weight is 339 g/mol. The molecule has 0 atom stereocenters. The second-order valence-electron chi connectivity index (χ2n) is 6.83. The zero-order valence-corrected chi connectivity index (χ0v) is 14.8. The molecule has 0 radical (unpaired) electrons. The van der Waals surface area contributed by atoms with Crippen molar-refractivity contribution in [2.24, 2.45) is 5.92 Å². The van der Waals surface area contributed by atoms with Gasteiger partial charge in [0.15, 0.2) is 0 Å². The van der Waals surface area contributed by atoms with Crippen LogP contribution in [0.3, 0.4) is 0 Å². The van der Waals surface area contributed by atoms with Gasteiger partial charge >= 0.3 is 6.09 Å². The predicted molar refractivity (Wildman–Crippen MR) is 89.4 cm³/mol. The normalized spacial score (nSPS) is 19.7. The quantitative estimate of drug-likeness (QED) is 0.839. The fourth-order valence-electron chi connectivity index (χ4n) is 3.56. The second kappa shape index (κ2) is 8.89. The molecule has 0 aromatic heterocycles. The fraction of sp³-hybridized carbons (Fsp3) is 0.824. The summed E-state index contributed by atoms with van der Waals surface area (Å²) in [6, 6.07) is 0.0685. The zero-order chi connectivity index (χ0) is 17.5. The molecule has 2 aliphatic rings. The van der Waals surface area contributed by atoms with Gasteiger partial charge in [0.2, 0.25) is 11.8 Å². The highest BCUT2D eigenvalue weighted by Crippen LogP contribution is 2.26. The van der Waals surface area contributed by atoms with E-state index in [1.165, 1.54) is 25.5 Å². The lowest BCUT2D eigenvalue weighted by Crippen LogP contribution is -2.50. The smallest absolute Gasteiger partial charge is 0.409 e. The maximum atomic E-state index is 12.5. The SMILES string of the molecule is COC(=O)N(C)CC(=O)NC1CCN(C(=O)C2CCCCC2)CC1. The lowest BCUT2D eigenvalue weighted by Gasteiger charge is -2.35. The minimum atomic E-state index is -0.530. The first-order valence-electron chi connectivity index (χ1n) is 8.88. The van der Waals surface area contributed by atoms with E-state index in [1.807, 2.05) is 4.90 Å². The molecule has 7 heteroatoms. The van der Waals surface area contributed by atoms with Crippen molar-refractivity contribution >= 4 is 17.9 Å². The molecule has 7 nitrogen and oxygen atoms in total. The van der Waals surface area contributed by atoms with E-state index >= 15 is 0 Å². The number of likely N-dealkylation sites (tertiary alicyclic amines) is 1. The van der Waals surface area contributed by atoms with Crippen molar-refractivity contribution in [3.8, 4) is 0 Å². The highest BCUT2D eigenvalue weighted by Gasteiger charge is 2.29. The van der Waals surface area contributed by atoms with Crippen LogP contribution < -0.4 is 5.32 Å². The van der Waals surface area contributed by atoms with Crippen LogP contribution in [0.25, 0.3) is 0 Å². The molecule has 3 amide bonds. The van der Waals surface area contributed by atoms with E-state index in [0.29, 0.717) is 19.0 Å². The molecule has 2 fully saturated rings. The molecular weight excluding hydrogens is 310 g/mol. The van der Waals surface area contributed by atoms with Gasteiger partial charge in [0.05, 0.1) is 7.11 Å². The number of hydrogen-bond donors (Lipinski definition) is 1. The number of piperidine rings is 1. The Morgan fingerprint density at radius 1 is 1.08 bits per heavy atom. The Bertz CT molecular complexity index is 455. The maximum Gasteiger partial charge on any atom is 0.409 e. The summed E-state index contributed by atoms with van der Waals surface area (Å²) in [5.41, 5.74) is 0. The van der Waals surface area contributed by atoms with Gasteiger partial charge in [-0.1, -0.05) is 19.3 Å². The van der Waals surface area contributed by atoms with Crippen LogP contribution in [0.1, 0.15) is 44.9 Å². The van der Waals surface area contributed by atoms with Gasteiger partial charge in [-0.2, -0.15) is 0 Å². The molecule has 0 aromatic rings. The standard InChI is InChI=1S/C17H29N3O4/c1-19(17(23)24-2)12-15(21)18-14-8-10-20(11-9-14)16(22)13-6-4-3-5-7-13/h13-14H,3-12H2,1-2H3,(H,18,21). The van der Waals surface area contributed by atoms with E-state index in [2.05, 4.69) is 10.1 Å². The van der Waals surface area contributed by atoms with Crippen molar-refractivity contribution in [1.29, 1.82) is 0 Å². The lowest BCUT2D eigenvalue weighted by atomic mass is 9.87. The van der Waals surface area contributed by atoms with Gasteiger partial charge in [-0.15, -0.1) is 0 Å². The number of methoxy groups -OCH3 is 1. The van der Waals surface area contributed by atoms with Crippen molar-refractivity contribution in [2.45, 2.75) is 51.0 Å². The van der Waals surface area contributed by atoms with Gasteiger partial charge < -0.3 is 19.9 Å². The first kappa shape index (κ1) is 18.5. The summed E-state index contributed by atoms with van der Waals surface area (Å²) in [5.74, 6) is 0.309. The number of carbonyl (C=O) groups is 3. The molecule has 24 heavy (non-hydrogen) atoms. The predicted octanol–water partition coefficient (Wildman–Crippen LogP) is 1.37. The third-order valence-electron chi connectivity index (χ3n) is 4.99. The van der Waals surface area contributed by atoms with E-state index in [0.717, 1.165) is 38.5 Å². The van der Waals surface area contributed by atoms with Crippen molar-refractivity contribution in [3.63, 3.8) is 0 Å². The number of nitrogens with one attached hydrogen (secondary N) is 1. The van der Waals surface area contributed by atoms with Crippen LogP contribution in [0.4, 0.5) is 4.79 Å². The molecule has 1 aliphatic heterocycles. The van der Waals surface area contributed by atoms with E-state index < -0.39 is 6.09 Å². The third kappa shape index (κ3) is 5.11.